The largest absolute Gasteiger partial charge is 0.454 e. The highest BCUT2D eigenvalue weighted by Crippen LogP contribution is 2.33. The van der Waals surface area contributed by atoms with Crippen molar-refractivity contribution in [2.45, 2.75) is 13.3 Å². The number of hydrogen-bond donors (Lipinski definition) is 2. The Morgan fingerprint density at radius 1 is 1.12 bits per heavy atom. The van der Waals surface area contributed by atoms with Gasteiger partial charge in [-0.05, 0) is 36.4 Å². The van der Waals surface area contributed by atoms with Gasteiger partial charge < -0.3 is 20.1 Å². The Bertz CT molecular complexity index is 1010. The van der Waals surface area contributed by atoms with Gasteiger partial charge in [0.2, 0.25) is 12.7 Å². The fraction of sp³-hybridized carbons (Fsp3) is 0.167. The molecule has 132 valence electrons. The molecule has 0 radical (unpaired) electrons. The molecule has 0 atom stereocenters. The van der Waals surface area contributed by atoms with Crippen molar-refractivity contribution in [2.24, 2.45) is 0 Å². The van der Waals surface area contributed by atoms with E-state index in [1.165, 1.54) is 11.3 Å². The van der Waals surface area contributed by atoms with Gasteiger partial charge in [-0.15, -0.1) is 0 Å². The highest BCUT2D eigenvalue weighted by Gasteiger charge is 2.16. The van der Waals surface area contributed by atoms with E-state index in [9.17, 15) is 9.59 Å². The number of hydrogen-bond acceptors (Lipinski definition) is 6. The first-order chi connectivity index (χ1) is 12.6. The van der Waals surface area contributed by atoms with Crippen LogP contribution in [0, 0.1) is 0 Å². The fourth-order valence-corrected chi connectivity index (χ4v) is 3.37. The number of carbonyl (C=O) groups excluding carboxylic acids is 2. The molecule has 1 aromatic heterocycles. The quantitative estimate of drug-likeness (QED) is 0.733. The van der Waals surface area contributed by atoms with Gasteiger partial charge in [0.25, 0.3) is 5.91 Å². The summed E-state index contributed by atoms with van der Waals surface area (Å²) in [6.07, 6.45) is 0.396. The van der Waals surface area contributed by atoms with Crippen LogP contribution in [-0.2, 0) is 4.79 Å². The lowest BCUT2D eigenvalue weighted by Gasteiger charge is -2.06. The van der Waals surface area contributed by atoms with Crippen molar-refractivity contribution in [1.29, 1.82) is 0 Å². The van der Waals surface area contributed by atoms with Crippen LogP contribution in [0.15, 0.2) is 36.4 Å². The number of thiazole rings is 1. The summed E-state index contributed by atoms with van der Waals surface area (Å²) in [5, 5.41) is 6.14. The van der Waals surface area contributed by atoms with Crippen molar-refractivity contribution in [3.8, 4) is 11.5 Å². The average Bonchev–Trinajstić information content (AvgIpc) is 3.26. The molecule has 2 amide bonds. The predicted molar refractivity (Wildman–Crippen MR) is 99.1 cm³/mol. The second-order valence-electron chi connectivity index (χ2n) is 5.63. The number of aromatic nitrogens is 1. The normalized spacial score (nSPS) is 12.2. The third kappa shape index (κ3) is 3.18. The Balaban J connectivity index is 1.53. The number of carbonyl (C=O) groups is 2. The summed E-state index contributed by atoms with van der Waals surface area (Å²) in [6, 6.07) is 10.5. The van der Waals surface area contributed by atoms with Crippen LogP contribution in [-0.4, -0.2) is 23.6 Å². The standard InChI is InChI=1S/C18H15N3O4S/c1-2-16(22)21-18-20-12-8-11(4-6-15(12)26-18)19-17(23)10-3-5-13-14(7-10)25-9-24-13/h3-8H,2,9H2,1H3,(H,19,23)(H,20,21,22). The topological polar surface area (TPSA) is 89.6 Å². The summed E-state index contributed by atoms with van der Waals surface area (Å²) in [5.41, 5.74) is 1.81. The highest BCUT2D eigenvalue weighted by atomic mass is 32.1. The molecule has 26 heavy (non-hydrogen) atoms. The van der Waals surface area contributed by atoms with Gasteiger partial charge in [0.1, 0.15) is 0 Å². The molecule has 0 saturated heterocycles. The van der Waals surface area contributed by atoms with Gasteiger partial charge in [0.15, 0.2) is 16.6 Å². The molecule has 0 bridgehead atoms. The molecule has 8 heteroatoms. The fourth-order valence-electron chi connectivity index (χ4n) is 2.51. The number of nitrogens with one attached hydrogen (secondary N) is 2. The van der Waals surface area contributed by atoms with Crippen LogP contribution in [0.3, 0.4) is 0 Å². The van der Waals surface area contributed by atoms with Gasteiger partial charge in [0, 0.05) is 17.7 Å². The van der Waals surface area contributed by atoms with Crippen LogP contribution >= 0.6 is 11.3 Å². The second-order valence-corrected chi connectivity index (χ2v) is 6.66. The maximum absolute atomic E-state index is 12.5. The number of anilines is 2. The second kappa shape index (κ2) is 6.64. The summed E-state index contributed by atoms with van der Waals surface area (Å²) in [5.74, 6) is 0.855. The molecule has 0 unspecified atom stereocenters. The molecule has 2 N–H and O–H groups in total. The van der Waals surface area contributed by atoms with Crippen LogP contribution in [0.1, 0.15) is 23.7 Å². The molecule has 0 aliphatic carbocycles. The Labute approximate surface area is 152 Å². The number of ether oxygens (including phenoxy) is 2. The van der Waals surface area contributed by atoms with E-state index in [-0.39, 0.29) is 18.6 Å². The molecule has 4 rings (SSSR count). The monoisotopic (exact) mass is 369 g/mol. The van der Waals surface area contributed by atoms with E-state index in [0.717, 1.165) is 4.70 Å². The Morgan fingerprint density at radius 3 is 2.81 bits per heavy atom. The number of amides is 2. The predicted octanol–water partition coefficient (Wildman–Crippen LogP) is 3.63. The van der Waals surface area contributed by atoms with Crippen molar-refractivity contribution in [1.82, 2.24) is 4.98 Å². The maximum atomic E-state index is 12.5. The molecule has 0 spiro atoms. The Hall–Kier alpha value is -3.13. The summed E-state index contributed by atoms with van der Waals surface area (Å²) >= 11 is 1.39. The van der Waals surface area contributed by atoms with Gasteiger partial charge in [0.05, 0.1) is 10.2 Å². The van der Waals surface area contributed by atoms with E-state index in [1.54, 1.807) is 37.3 Å². The smallest absolute Gasteiger partial charge is 0.255 e. The molecule has 0 fully saturated rings. The lowest BCUT2D eigenvalue weighted by molar-refractivity contribution is -0.115. The number of nitrogens with zero attached hydrogens (tertiary/aromatic N) is 1. The van der Waals surface area contributed by atoms with Crippen LogP contribution in [0.25, 0.3) is 10.2 Å². The van der Waals surface area contributed by atoms with E-state index in [2.05, 4.69) is 15.6 Å². The van der Waals surface area contributed by atoms with Gasteiger partial charge >= 0.3 is 0 Å². The Kier molecular flexibility index (Phi) is 4.18. The lowest BCUT2D eigenvalue weighted by atomic mass is 10.2. The minimum absolute atomic E-state index is 0.0830. The summed E-state index contributed by atoms with van der Waals surface area (Å²) < 4.78 is 11.5. The van der Waals surface area contributed by atoms with Crippen molar-refractivity contribution < 1.29 is 19.1 Å². The van der Waals surface area contributed by atoms with Crippen LogP contribution in [0.4, 0.5) is 10.8 Å². The SMILES string of the molecule is CCC(=O)Nc1nc2cc(NC(=O)c3ccc4c(c3)OCO4)ccc2s1. The van der Waals surface area contributed by atoms with Gasteiger partial charge in [-0.2, -0.15) is 0 Å². The first kappa shape index (κ1) is 16.3. The van der Waals surface area contributed by atoms with Gasteiger partial charge in [-0.25, -0.2) is 4.98 Å². The molecule has 0 saturated carbocycles. The van der Waals surface area contributed by atoms with Crippen molar-refractivity contribution in [2.75, 3.05) is 17.4 Å². The zero-order chi connectivity index (χ0) is 18.1. The molecular formula is C18H15N3O4S. The van der Waals surface area contributed by atoms with E-state index in [1.807, 2.05) is 6.07 Å². The van der Waals surface area contributed by atoms with Gasteiger partial charge in [-0.3, -0.25) is 9.59 Å². The number of rotatable bonds is 4. The number of fused-ring (bicyclic) bond motifs is 2. The summed E-state index contributed by atoms with van der Waals surface area (Å²) in [6.45, 7) is 1.95. The van der Waals surface area contributed by atoms with Crippen LogP contribution in [0.2, 0.25) is 0 Å². The molecule has 3 aromatic rings. The average molecular weight is 369 g/mol. The van der Waals surface area contributed by atoms with Crippen molar-refractivity contribution in [3.05, 3.63) is 42.0 Å². The lowest BCUT2D eigenvalue weighted by Crippen LogP contribution is -2.11. The molecular weight excluding hydrogens is 354 g/mol. The minimum atomic E-state index is -0.252. The maximum Gasteiger partial charge on any atom is 0.255 e. The van der Waals surface area contributed by atoms with E-state index in [4.69, 9.17) is 9.47 Å². The minimum Gasteiger partial charge on any atom is -0.454 e. The first-order valence-corrected chi connectivity index (χ1v) is 8.85. The van der Waals surface area contributed by atoms with Crippen LogP contribution in [0.5, 0.6) is 11.5 Å². The van der Waals surface area contributed by atoms with Gasteiger partial charge in [-0.1, -0.05) is 18.3 Å². The molecule has 1 aliphatic heterocycles. The zero-order valence-corrected chi connectivity index (χ0v) is 14.7. The van der Waals surface area contributed by atoms with E-state index in [0.29, 0.717) is 39.8 Å². The van der Waals surface area contributed by atoms with Crippen molar-refractivity contribution in [3.63, 3.8) is 0 Å². The number of benzene rings is 2. The summed E-state index contributed by atoms with van der Waals surface area (Å²) in [4.78, 5) is 28.3. The highest BCUT2D eigenvalue weighted by molar-refractivity contribution is 7.22. The van der Waals surface area contributed by atoms with E-state index >= 15 is 0 Å². The molecule has 2 heterocycles. The first-order valence-electron chi connectivity index (χ1n) is 8.04. The van der Waals surface area contributed by atoms with Crippen molar-refractivity contribution >= 4 is 44.2 Å². The van der Waals surface area contributed by atoms with E-state index < -0.39 is 0 Å². The zero-order valence-electron chi connectivity index (χ0n) is 13.9. The molecule has 2 aromatic carbocycles. The molecule has 7 nitrogen and oxygen atoms in total. The van der Waals surface area contributed by atoms with Crippen LogP contribution < -0.4 is 20.1 Å². The third-order valence-electron chi connectivity index (χ3n) is 3.85. The summed E-state index contributed by atoms with van der Waals surface area (Å²) in [7, 11) is 0. The Morgan fingerprint density at radius 2 is 1.96 bits per heavy atom. The third-order valence-corrected chi connectivity index (χ3v) is 4.80. The molecule has 1 aliphatic rings.